The van der Waals surface area contributed by atoms with Crippen LogP contribution in [0.4, 0.5) is 0 Å². The van der Waals surface area contributed by atoms with Gasteiger partial charge in [0.25, 0.3) is 0 Å². The molecule has 1 aliphatic rings. The van der Waals surface area contributed by atoms with Gasteiger partial charge >= 0.3 is 0 Å². The predicted octanol–water partition coefficient (Wildman–Crippen LogP) is 2.12. The lowest BCUT2D eigenvalue weighted by Gasteiger charge is -2.20. The molecular formula is C14H16N2O2. The Morgan fingerprint density at radius 3 is 2.94 bits per heavy atom. The van der Waals surface area contributed by atoms with E-state index < -0.39 is 0 Å². The lowest BCUT2D eigenvalue weighted by atomic mass is 9.95. The van der Waals surface area contributed by atoms with Gasteiger partial charge in [-0.15, -0.1) is 0 Å². The monoisotopic (exact) mass is 244 g/mol. The largest absolute Gasteiger partial charge is 0.381 e. The second-order valence-corrected chi connectivity index (χ2v) is 4.84. The summed E-state index contributed by atoms with van der Waals surface area (Å²) in [7, 11) is 0. The maximum Gasteiger partial charge on any atom is 0.151 e. The van der Waals surface area contributed by atoms with E-state index in [1.807, 2.05) is 22.9 Å². The van der Waals surface area contributed by atoms with Crippen molar-refractivity contribution in [2.24, 2.45) is 5.92 Å². The number of hydrogen-bond donors (Lipinski definition) is 0. The van der Waals surface area contributed by atoms with E-state index in [1.165, 1.54) is 0 Å². The first-order valence-electron chi connectivity index (χ1n) is 6.36. The van der Waals surface area contributed by atoms with Gasteiger partial charge in [0.05, 0.1) is 5.69 Å². The Morgan fingerprint density at radius 1 is 1.33 bits per heavy atom. The van der Waals surface area contributed by atoms with Crippen molar-refractivity contribution in [1.82, 2.24) is 9.38 Å². The molecule has 0 unspecified atom stereocenters. The number of aromatic nitrogens is 2. The van der Waals surface area contributed by atoms with Gasteiger partial charge in [-0.3, -0.25) is 4.79 Å². The molecule has 1 saturated heterocycles. The van der Waals surface area contributed by atoms with Crippen molar-refractivity contribution in [2.45, 2.75) is 19.3 Å². The van der Waals surface area contributed by atoms with Gasteiger partial charge in [0.1, 0.15) is 5.65 Å². The summed E-state index contributed by atoms with van der Waals surface area (Å²) in [5.74, 6) is 0.675. The van der Waals surface area contributed by atoms with E-state index >= 15 is 0 Å². The van der Waals surface area contributed by atoms with Crippen LogP contribution in [0, 0.1) is 5.92 Å². The van der Waals surface area contributed by atoms with E-state index in [2.05, 4.69) is 4.98 Å². The smallest absolute Gasteiger partial charge is 0.151 e. The first kappa shape index (κ1) is 11.4. The van der Waals surface area contributed by atoms with Gasteiger partial charge in [0, 0.05) is 31.2 Å². The molecule has 0 aromatic carbocycles. The first-order valence-corrected chi connectivity index (χ1v) is 6.36. The summed E-state index contributed by atoms with van der Waals surface area (Å²) < 4.78 is 7.29. The fourth-order valence-electron chi connectivity index (χ4n) is 2.48. The molecule has 3 rings (SSSR count). The molecule has 4 nitrogen and oxygen atoms in total. The number of pyridine rings is 1. The number of carbonyl (C=O) groups is 1. The fraction of sp³-hybridized carbons (Fsp3) is 0.429. The predicted molar refractivity (Wildman–Crippen MR) is 67.8 cm³/mol. The van der Waals surface area contributed by atoms with Gasteiger partial charge in [0.15, 0.2) is 6.29 Å². The Bertz CT molecular complexity index is 556. The molecule has 2 aromatic heterocycles. The summed E-state index contributed by atoms with van der Waals surface area (Å²) in [6.45, 7) is 1.74. The highest BCUT2D eigenvalue weighted by Gasteiger charge is 2.15. The topological polar surface area (TPSA) is 43.6 Å². The van der Waals surface area contributed by atoms with Crippen molar-refractivity contribution >= 4 is 11.9 Å². The molecule has 4 heteroatoms. The van der Waals surface area contributed by atoms with Crippen LogP contribution in [-0.2, 0) is 11.2 Å². The maximum atomic E-state index is 10.7. The molecule has 0 saturated carbocycles. The quantitative estimate of drug-likeness (QED) is 0.777. The standard InChI is InChI=1S/C14H16N2O2/c17-10-12-1-2-14-15-13(9-16(14)8-12)7-11-3-5-18-6-4-11/h1-2,8-11H,3-7H2. The van der Waals surface area contributed by atoms with E-state index in [0.29, 0.717) is 11.5 Å². The zero-order valence-corrected chi connectivity index (χ0v) is 10.2. The highest BCUT2D eigenvalue weighted by molar-refractivity contribution is 5.74. The van der Waals surface area contributed by atoms with Crippen molar-refractivity contribution in [2.75, 3.05) is 13.2 Å². The Morgan fingerprint density at radius 2 is 2.17 bits per heavy atom. The Balaban J connectivity index is 1.81. The molecule has 3 heterocycles. The number of fused-ring (bicyclic) bond motifs is 1. The van der Waals surface area contributed by atoms with E-state index in [1.54, 1.807) is 6.07 Å². The molecule has 0 bridgehead atoms. The highest BCUT2D eigenvalue weighted by Crippen LogP contribution is 2.20. The van der Waals surface area contributed by atoms with E-state index in [9.17, 15) is 4.79 Å². The zero-order chi connectivity index (χ0) is 12.4. The molecule has 0 aliphatic carbocycles. The molecule has 0 spiro atoms. The van der Waals surface area contributed by atoms with Crippen LogP contribution in [0.3, 0.4) is 0 Å². The van der Waals surface area contributed by atoms with Gasteiger partial charge in [-0.2, -0.15) is 0 Å². The van der Waals surface area contributed by atoms with Gasteiger partial charge in [-0.25, -0.2) is 4.98 Å². The van der Waals surface area contributed by atoms with Crippen LogP contribution >= 0.6 is 0 Å². The maximum absolute atomic E-state index is 10.7. The average Bonchev–Trinajstić information content (AvgIpc) is 2.80. The normalized spacial score (nSPS) is 17.1. The number of nitrogens with zero attached hydrogens (tertiary/aromatic N) is 2. The highest BCUT2D eigenvalue weighted by atomic mass is 16.5. The molecule has 0 N–H and O–H groups in total. The second kappa shape index (κ2) is 4.90. The molecule has 1 fully saturated rings. The fourth-order valence-corrected chi connectivity index (χ4v) is 2.48. The second-order valence-electron chi connectivity index (χ2n) is 4.84. The molecule has 1 aliphatic heterocycles. The van der Waals surface area contributed by atoms with Crippen LogP contribution in [0.15, 0.2) is 24.5 Å². The van der Waals surface area contributed by atoms with Crippen LogP contribution < -0.4 is 0 Å². The lowest BCUT2D eigenvalue weighted by molar-refractivity contribution is 0.0663. The molecule has 0 atom stereocenters. The number of imidazole rings is 1. The Labute approximate surface area is 106 Å². The summed E-state index contributed by atoms with van der Waals surface area (Å²) >= 11 is 0. The van der Waals surface area contributed by atoms with Gasteiger partial charge in [-0.1, -0.05) is 0 Å². The van der Waals surface area contributed by atoms with E-state index in [4.69, 9.17) is 4.74 Å². The van der Waals surface area contributed by atoms with Crippen molar-refractivity contribution in [3.63, 3.8) is 0 Å². The van der Waals surface area contributed by atoms with Crippen LogP contribution in [-0.4, -0.2) is 28.9 Å². The first-order chi connectivity index (χ1) is 8.85. The summed E-state index contributed by atoms with van der Waals surface area (Å²) in [6, 6.07) is 3.69. The molecule has 94 valence electrons. The summed E-state index contributed by atoms with van der Waals surface area (Å²) in [5.41, 5.74) is 2.69. The average molecular weight is 244 g/mol. The number of ether oxygens (including phenoxy) is 1. The van der Waals surface area contributed by atoms with Crippen LogP contribution in [0.25, 0.3) is 5.65 Å². The zero-order valence-electron chi connectivity index (χ0n) is 10.2. The number of carbonyl (C=O) groups excluding carboxylic acids is 1. The molecule has 2 aromatic rings. The Kier molecular flexibility index (Phi) is 3.11. The Hall–Kier alpha value is -1.68. The van der Waals surface area contributed by atoms with Crippen LogP contribution in [0.1, 0.15) is 28.9 Å². The van der Waals surface area contributed by atoms with Crippen molar-refractivity contribution < 1.29 is 9.53 Å². The minimum Gasteiger partial charge on any atom is -0.381 e. The number of aldehydes is 1. The third kappa shape index (κ3) is 2.29. The lowest BCUT2D eigenvalue weighted by Crippen LogP contribution is -2.17. The van der Waals surface area contributed by atoms with Crippen LogP contribution in [0.5, 0.6) is 0 Å². The molecular weight excluding hydrogens is 228 g/mol. The number of hydrogen-bond acceptors (Lipinski definition) is 3. The minimum absolute atomic E-state index is 0.675. The third-order valence-electron chi connectivity index (χ3n) is 3.50. The van der Waals surface area contributed by atoms with Gasteiger partial charge < -0.3 is 9.14 Å². The minimum atomic E-state index is 0.675. The van der Waals surface area contributed by atoms with Crippen molar-refractivity contribution in [3.05, 3.63) is 35.8 Å². The summed E-state index contributed by atoms with van der Waals surface area (Å²) in [4.78, 5) is 15.3. The third-order valence-corrected chi connectivity index (χ3v) is 3.50. The van der Waals surface area contributed by atoms with E-state index in [-0.39, 0.29) is 0 Å². The number of rotatable bonds is 3. The SMILES string of the molecule is O=Cc1ccc2nc(CC3CCOCC3)cn2c1. The summed E-state index contributed by atoms with van der Waals surface area (Å²) in [6.07, 6.45) is 7.95. The summed E-state index contributed by atoms with van der Waals surface area (Å²) in [5, 5.41) is 0. The molecule has 0 radical (unpaired) electrons. The van der Waals surface area contributed by atoms with Crippen LogP contribution in [0.2, 0.25) is 0 Å². The molecule has 18 heavy (non-hydrogen) atoms. The van der Waals surface area contributed by atoms with Crippen molar-refractivity contribution in [1.29, 1.82) is 0 Å². The van der Waals surface area contributed by atoms with Gasteiger partial charge in [-0.05, 0) is 37.3 Å². The molecule has 0 amide bonds. The van der Waals surface area contributed by atoms with Gasteiger partial charge in [0.2, 0.25) is 0 Å². The van der Waals surface area contributed by atoms with Crippen molar-refractivity contribution in [3.8, 4) is 0 Å². The van der Waals surface area contributed by atoms with E-state index in [0.717, 1.165) is 50.1 Å².